The zero-order valence-corrected chi connectivity index (χ0v) is 11.5. The smallest absolute Gasteiger partial charge is 0.271 e. The lowest BCUT2D eigenvalue weighted by molar-refractivity contribution is -0.137. The van der Waals surface area contributed by atoms with E-state index in [2.05, 4.69) is 10.4 Å². The summed E-state index contributed by atoms with van der Waals surface area (Å²) in [5.41, 5.74) is 4.38. The number of aryl methyl sites for hydroxylation is 1. The number of nitrogens with two attached hydrogens (primary N) is 1. The summed E-state index contributed by atoms with van der Waals surface area (Å²) >= 11 is 0. The van der Waals surface area contributed by atoms with Crippen molar-refractivity contribution in [3.63, 3.8) is 0 Å². The van der Waals surface area contributed by atoms with E-state index in [1.165, 1.54) is 12.1 Å². The van der Waals surface area contributed by atoms with Gasteiger partial charge >= 0.3 is 6.18 Å². The first-order chi connectivity index (χ1) is 9.90. The number of nitrogens with one attached hydrogen (secondary N) is 1. The largest absolute Gasteiger partial charge is 0.416 e. The summed E-state index contributed by atoms with van der Waals surface area (Å²) < 4.78 is 37.5. The zero-order chi connectivity index (χ0) is 15.5. The van der Waals surface area contributed by atoms with Gasteiger partial charge in [-0.2, -0.15) is 13.2 Å². The van der Waals surface area contributed by atoms with Crippen molar-refractivity contribution in [2.75, 3.05) is 0 Å². The fraction of sp³-hybridized carbons (Fsp3) is 0.267. The van der Waals surface area contributed by atoms with Crippen LogP contribution in [0.2, 0.25) is 0 Å². The summed E-state index contributed by atoms with van der Waals surface area (Å²) in [7, 11) is 0. The first kappa shape index (κ1) is 15.5. The zero-order valence-electron chi connectivity index (χ0n) is 11.5. The number of benzene rings is 1. The molecule has 0 bridgehead atoms. The van der Waals surface area contributed by atoms with E-state index in [1.807, 2.05) is 25.1 Å². The van der Waals surface area contributed by atoms with E-state index in [4.69, 9.17) is 5.84 Å². The third kappa shape index (κ3) is 4.03. The molecule has 21 heavy (non-hydrogen) atoms. The topological polar surface area (TPSA) is 50.9 Å². The van der Waals surface area contributed by atoms with Gasteiger partial charge in [-0.05, 0) is 43.2 Å². The molecule has 0 aliphatic heterocycles. The molecule has 0 aliphatic rings. The Hall–Kier alpha value is -1.92. The van der Waals surface area contributed by atoms with E-state index in [0.717, 1.165) is 29.1 Å². The lowest BCUT2D eigenvalue weighted by atomic mass is 10.0. The van der Waals surface area contributed by atoms with Crippen LogP contribution in [0.15, 0.2) is 42.5 Å². The van der Waals surface area contributed by atoms with Crippen LogP contribution >= 0.6 is 0 Å². The highest BCUT2D eigenvalue weighted by molar-refractivity contribution is 5.26. The van der Waals surface area contributed by atoms with Crippen LogP contribution in [-0.4, -0.2) is 4.98 Å². The average molecular weight is 295 g/mol. The molecule has 0 spiro atoms. The summed E-state index contributed by atoms with van der Waals surface area (Å²) in [5, 5.41) is 0. The van der Waals surface area contributed by atoms with E-state index in [-0.39, 0.29) is 6.04 Å². The SMILES string of the molecule is Cc1cccc(C(Cc2ccc(C(F)(F)F)cc2)NN)n1. The van der Waals surface area contributed by atoms with Gasteiger partial charge in [-0.25, -0.2) is 0 Å². The molecule has 0 radical (unpaired) electrons. The average Bonchev–Trinajstić information content (AvgIpc) is 2.44. The molecule has 6 heteroatoms. The van der Waals surface area contributed by atoms with Crippen molar-refractivity contribution in [3.05, 3.63) is 65.0 Å². The van der Waals surface area contributed by atoms with Crippen LogP contribution in [0.1, 0.15) is 28.6 Å². The second kappa shape index (κ2) is 6.24. The molecule has 1 unspecified atom stereocenters. The van der Waals surface area contributed by atoms with Gasteiger partial charge in [0.05, 0.1) is 17.3 Å². The van der Waals surface area contributed by atoms with Crippen LogP contribution in [0.5, 0.6) is 0 Å². The second-order valence-electron chi connectivity index (χ2n) is 4.82. The standard InChI is InChI=1S/C15H16F3N3/c1-10-3-2-4-13(20-10)14(21-19)9-11-5-7-12(8-6-11)15(16,17)18/h2-8,14,21H,9,19H2,1H3. The van der Waals surface area contributed by atoms with E-state index >= 15 is 0 Å². The molecule has 1 heterocycles. The Labute approximate surface area is 121 Å². The van der Waals surface area contributed by atoms with Crippen LogP contribution in [-0.2, 0) is 12.6 Å². The van der Waals surface area contributed by atoms with E-state index < -0.39 is 11.7 Å². The molecule has 3 nitrogen and oxygen atoms in total. The minimum Gasteiger partial charge on any atom is -0.271 e. The number of nitrogens with zero attached hydrogens (tertiary/aromatic N) is 1. The predicted octanol–water partition coefficient (Wildman–Crippen LogP) is 3.16. The minimum absolute atomic E-state index is 0.248. The molecule has 1 aromatic heterocycles. The highest BCUT2D eigenvalue weighted by atomic mass is 19.4. The van der Waals surface area contributed by atoms with Gasteiger partial charge in [-0.15, -0.1) is 0 Å². The number of hydrazine groups is 1. The summed E-state index contributed by atoms with van der Waals surface area (Å²) in [5.74, 6) is 5.53. The van der Waals surface area contributed by atoms with Gasteiger partial charge in [-0.3, -0.25) is 16.3 Å². The quantitative estimate of drug-likeness (QED) is 0.673. The molecule has 3 N–H and O–H groups in total. The van der Waals surface area contributed by atoms with Crippen LogP contribution < -0.4 is 11.3 Å². The van der Waals surface area contributed by atoms with Crippen molar-refractivity contribution >= 4 is 0 Å². The lowest BCUT2D eigenvalue weighted by Crippen LogP contribution is -2.30. The maximum Gasteiger partial charge on any atom is 0.416 e. The summed E-state index contributed by atoms with van der Waals surface area (Å²) in [4.78, 5) is 4.37. The van der Waals surface area contributed by atoms with E-state index in [0.29, 0.717) is 6.42 Å². The summed E-state index contributed by atoms with van der Waals surface area (Å²) in [6.07, 6.45) is -3.85. The lowest BCUT2D eigenvalue weighted by Gasteiger charge is -2.16. The van der Waals surface area contributed by atoms with Gasteiger partial charge in [0.25, 0.3) is 0 Å². The Kier molecular flexibility index (Phi) is 4.59. The number of rotatable bonds is 4. The molecule has 0 saturated carbocycles. The summed E-state index contributed by atoms with van der Waals surface area (Å²) in [6, 6.07) is 10.4. The van der Waals surface area contributed by atoms with Gasteiger partial charge in [0.2, 0.25) is 0 Å². The molecule has 0 saturated heterocycles. The maximum absolute atomic E-state index is 12.5. The first-order valence-corrected chi connectivity index (χ1v) is 6.46. The molecule has 2 aromatic rings. The Morgan fingerprint density at radius 2 is 1.81 bits per heavy atom. The van der Waals surface area contributed by atoms with Crippen molar-refractivity contribution in [1.82, 2.24) is 10.4 Å². The van der Waals surface area contributed by atoms with Crippen molar-refractivity contribution in [3.8, 4) is 0 Å². The van der Waals surface area contributed by atoms with Crippen molar-refractivity contribution in [2.24, 2.45) is 5.84 Å². The maximum atomic E-state index is 12.5. The van der Waals surface area contributed by atoms with E-state index in [9.17, 15) is 13.2 Å². The van der Waals surface area contributed by atoms with Gasteiger partial charge < -0.3 is 0 Å². The molecular weight excluding hydrogens is 279 g/mol. The molecule has 112 valence electrons. The Morgan fingerprint density at radius 3 is 2.33 bits per heavy atom. The third-order valence-corrected chi connectivity index (χ3v) is 3.19. The number of alkyl halides is 3. The van der Waals surface area contributed by atoms with Crippen molar-refractivity contribution in [1.29, 1.82) is 0 Å². The van der Waals surface area contributed by atoms with Crippen LogP contribution in [0.3, 0.4) is 0 Å². The monoisotopic (exact) mass is 295 g/mol. The highest BCUT2D eigenvalue weighted by Crippen LogP contribution is 2.29. The fourth-order valence-corrected chi connectivity index (χ4v) is 2.07. The molecule has 0 aliphatic carbocycles. The van der Waals surface area contributed by atoms with Gasteiger partial charge in [0.15, 0.2) is 0 Å². The summed E-state index contributed by atoms with van der Waals surface area (Å²) in [6.45, 7) is 1.87. The van der Waals surface area contributed by atoms with Gasteiger partial charge in [0.1, 0.15) is 0 Å². The number of hydrogen-bond donors (Lipinski definition) is 2. The predicted molar refractivity (Wildman–Crippen MR) is 74.2 cm³/mol. The highest BCUT2D eigenvalue weighted by Gasteiger charge is 2.30. The number of hydrogen-bond acceptors (Lipinski definition) is 3. The molecule has 2 rings (SSSR count). The number of pyridine rings is 1. The minimum atomic E-state index is -4.32. The Bertz CT molecular complexity index is 594. The van der Waals surface area contributed by atoms with Crippen LogP contribution in [0, 0.1) is 6.92 Å². The Morgan fingerprint density at radius 1 is 1.14 bits per heavy atom. The van der Waals surface area contributed by atoms with Gasteiger partial charge in [0, 0.05) is 5.69 Å². The number of halogens is 3. The molecule has 0 amide bonds. The first-order valence-electron chi connectivity index (χ1n) is 6.46. The van der Waals surface area contributed by atoms with Crippen molar-refractivity contribution < 1.29 is 13.2 Å². The number of aromatic nitrogens is 1. The molecule has 1 aromatic carbocycles. The molecule has 0 fully saturated rings. The third-order valence-electron chi connectivity index (χ3n) is 3.19. The normalized spacial score (nSPS) is 13.2. The fourth-order valence-electron chi connectivity index (χ4n) is 2.07. The van der Waals surface area contributed by atoms with Crippen LogP contribution in [0.25, 0.3) is 0 Å². The molecule has 1 atom stereocenters. The Balaban J connectivity index is 2.15. The second-order valence-corrected chi connectivity index (χ2v) is 4.82. The van der Waals surface area contributed by atoms with E-state index in [1.54, 1.807) is 0 Å². The van der Waals surface area contributed by atoms with Crippen molar-refractivity contribution in [2.45, 2.75) is 25.6 Å². The van der Waals surface area contributed by atoms with Crippen LogP contribution in [0.4, 0.5) is 13.2 Å². The van der Waals surface area contributed by atoms with Gasteiger partial charge in [-0.1, -0.05) is 18.2 Å². The molecular formula is C15H16F3N3.